The van der Waals surface area contributed by atoms with E-state index >= 15 is 0 Å². The van der Waals surface area contributed by atoms with Gasteiger partial charge in [-0.15, -0.1) is 0 Å². The summed E-state index contributed by atoms with van der Waals surface area (Å²) in [7, 11) is 0. The molecule has 116 valence electrons. The lowest BCUT2D eigenvalue weighted by Gasteiger charge is -2.22. The minimum Gasteiger partial charge on any atom is -0.480 e. The number of carboxylic acids is 1. The van der Waals surface area contributed by atoms with Crippen LogP contribution < -0.4 is 5.32 Å². The van der Waals surface area contributed by atoms with E-state index in [0.29, 0.717) is 17.5 Å². The first kappa shape index (κ1) is 16.1. The van der Waals surface area contributed by atoms with Gasteiger partial charge in [-0.2, -0.15) is 0 Å². The van der Waals surface area contributed by atoms with E-state index in [1.165, 1.54) is 12.0 Å². The summed E-state index contributed by atoms with van der Waals surface area (Å²) in [5.74, 6) is -0.289. The number of nitrogens with zero attached hydrogens (tertiary/aromatic N) is 1. The van der Waals surface area contributed by atoms with Crippen LogP contribution in [0.2, 0.25) is 0 Å². The quantitative estimate of drug-likeness (QED) is 0.841. The molecule has 2 aliphatic rings. The summed E-state index contributed by atoms with van der Waals surface area (Å²) in [6.45, 7) is 2.65. The highest BCUT2D eigenvalue weighted by molar-refractivity contribution is 6.31. The highest BCUT2D eigenvalue weighted by Crippen LogP contribution is 2.27. The highest BCUT2D eigenvalue weighted by atomic mass is 35.5. The molecular weight excluding hydrogens is 288 g/mol. The molecule has 1 unspecified atom stereocenters. The van der Waals surface area contributed by atoms with Crippen LogP contribution in [0.5, 0.6) is 0 Å². The largest absolute Gasteiger partial charge is 0.480 e. The highest BCUT2D eigenvalue weighted by Gasteiger charge is 2.18. The standard InChI is InChI=1S/C16H23ClN2O2/c17-15-5-1-3-14(13-4-2-8-18-9-6-13)11-19(10-7-15)12-16(20)21/h1,5,7,11,13,18H,2-4,6,8-10,12H2,(H,20,21)/b5-1-,14-11+,15-7+. The van der Waals surface area contributed by atoms with Gasteiger partial charge >= 0.3 is 5.97 Å². The number of carbonyl (C=O) groups is 1. The molecular formula is C16H23ClN2O2. The van der Waals surface area contributed by atoms with Crippen LogP contribution in [0.25, 0.3) is 0 Å². The van der Waals surface area contributed by atoms with E-state index in [1.807, 2.05) is 23.3 Å². The van der Waals surface area contributed by atoms with Crippen LogP contribution in [0.3, 0.4) is 0 Å². The Morgan fingerprint density at radius 1 is 1.43 bits per heavy atom. The molecule has 0 aliphatic carbocycles. The fraction of sp³-hybridized carbons (Fsp3) is 0.562. The lowest BCUT2D eigenvalue weighted by Crippen LogP contribution is -2.26. The summed E-state index contributed by atoms with van der Waals surface area (Å²) >= 11 is 6.09. The molecule has 4 nitrogen and oxygen atoms in total. The van der Waals surface area contributed by atoms with Gasteiger partial charge < -0.3 is 15.3 Å². The average Bonchev–Trinajstić information content (AvgIpc) is 2.67. The Labute approximate surface area is 131 Å². The smallest absolute Gasteiger partial charge is 0.323 e. The molecule has 5 heteroatoms. The van der Waals surface area contributed by atoms with E-state index in [0.717, 1.165) is 32.4 Å². The first-order chi connectivity index (χ1) is 10.1. The average molecular weight is 311 g/mol. The molecule has 1 atom stereocenters. The van der Waals surface area contributed by atoms with Gasteiger partial charge in [-0.05, 0) is 68.6 Å². The van der Waals surface area contributed by atoms with Crippen molar-refractivity contribution in [3.8, 4) is 0 Å². The SMILES string of the molecule is O=C(O)CN1/C=C(/C2CCCNCC2)C/C=C\C(Cl)=C/C1. The molecule has 0 amide bonds. The van der Waals surface area contributed by atoms with E-state index in [1.54, 1.807) is 0 Å². The number of allylic oxidation sites excluding steroid dienone is 4. The van der Waals surface area contributed by atoms with Crippen LogP contribution in [-0.2, 0) is 4.79 Å². The first-order valence-electron chi connectivity index (χ1n) is 7.54. The fourth-order valence-electron chi connectivity index (χ4n) is 2.87. The maximum Gasteiger partial charge on any atom is 0.323 e. The normalized spacial score (nSPS) is 30.7. The van der Waals surface area contributed by atoms with Gasteiger partial charge in [-0.25, -0.2) is 0 Å². The molecule has 0 aromatic rings. The van der Waals surface area contributed by atoms with Gasteiger partial charge in [-0.3, -0.25) is 4.79 Å². The van der Waals surface area contributed by atoms with Crippen molar-refractivity contribution < 1.29 is 9.90 Å². The molecule has 0 aromatic carbocycles. The second-order valence-corrected chi connectivity index (χ2v) is 6.04. The number of rotatable bonds is 3. The molecule has 2 rings (SSSR count). The van der Waals surface area contributed by atoms with Crippen molar-refractivity contribution in [2.24, 2.45) is 5.92 Å². The summed E-state index contributed by atoms with van der Waals surface area (Å²) in [5.41, 5.74) is 1.32. The molecule has 0 aromatic heterocycles. The van der Waals surface area contributed by atoms with Gasteiger partial charge in [-0.1, -0.05) is 17.7 Å². The van der Waals surface area contributed by atoms with Crippen LogP contribution >= 0.6 is 11.6 Å². The fourth-order valence-corrected chi connectivity index (χ4v) is 3.02. The third-order valence-corrected chi connectivity index (χ3v) is 4.22. The van der Waals surface area contributed by atoms with Crippen molar-refractivity contribution in [2.45, 2.75) is 25.7 Å². The molecule has 2 N–H and O–H groups in total. The first-order valence-corrected chi connectivity index (χ1v) is 7.92. The summed E-state index contributed by atoms with van der Waals surface area (Å²) in [6.07, 6.45) is 12.2. The zero-order valence-electron chi connectivity index (χ0n) is 12.2. The van der Waals surface area contributed by atoms with Gasteiger partial charge in [0.25, 0.3) is 0 Å². The topological polar surface area (TPSA) is 52.6 Å². The molecule has 0 spiro atoms. The molecule has 1 fully saturated rings. The summed E-state index contributed by atoms with van der Waals surface area (Å²) < 4.78 is 0. The Hall–Kier alpha value is -1.26. The Morgan fingerprint density at radius 3 is 3.10 bits per heavy atom. The van der Waals surface area contributed by atoms with Crippen LogP contribution in [0.4, 0.5) is 0 Å². The zero-order chi connectivity index (χ0) is 15.1. The maximum absolute atomic E-state index is 11.0. The van der Waals surface area contributed by atoms with Gasteiger partial charge in [0.05, 0.1) is 0 Å². The predicted molar refractivity (Wildman–Crippen MR) is 85.2 cm³/mol. The van der Waals surface area contributed by atoms with Crippen LogP contribution in [0.1, 0.15) is 25.7 Å². The number of hydrogen-bond acceptors (Lipinski definition) is 3. The van der Waals surface area contributed by atoms with E-state index in [-0.39, 0.29) is 6.54 Å². The third kappa shape index (κ3) is 5.56. The third-order valence-electron chi connectivity index (χ3n) is 3.94. The monoisotopic (exact) mass is 310 g/mol. The molecule has 1 saturated heterocycles. The van der Waals surface area contributed by atoms with Crippen molar-refractivity contribution in [2.75, 3.05) is 26.2 Å². The summed E-state index contributed by atoms with van der Waals surface area (Å²) in [5, 5.41) is 13.1. The van der Waals surface area contributed by atoms with Crippen molar-refractivity contribution >= 4 is 17.6 Å². The minimum absolute atomic E-state index is 0.00907. The number of carboxylic acid groups (broad SMARTS) is 1. The van der Waals surface area contributed by atoms with Gasteiger partial charge in [0.1, 0.15) is 6.54 Å². The van der Waals surface area contributed by atoms with E-state index < -0.39 is 5.97 Å². The van der Waals surface area contributed by atoms with Crippen molar-refractivity contribution in [3.63, 3.8) is 0 Å². The number of hydrogen-bond donors (Lipinski definition) is 2. The molecule has 0 radical (unpaired) electrons. The lowest BCUT2D eigenvalue weighted by molar-refractivity contribution is -0.137. The maximum atomic E-state index is 11.0. The van der Waals surface area contributed by atoms with E-state index in [9.17, 15) is 4.79 Å². The Morgan fingerprint density at radius 2 is 2.29 bits per heavy atom. The number of nitrogens with one attached hydrogen (secondary N) is 1. The minimum atomic E-state index is -0.815. The lowest BCUT2D eigenvalue weighted by atomic mass is 9.90. The van der Waals surface area contributed by atoms with Gasteiger partial charge in [0.2, 0.25) is 0 Å². The van der Waals surface area contributed by atoms with Crippen molar-refractivity contribution in [1.29, 1.82) is 0 Å². The van der Waals surface area contributed by atoms with Crippen LogP contribution in [0.15, 0.2) is 35.0 Å². The Kier molecular flexibility index (Phi) is 6.33. The molecule has 0 saturated carbocycles. The second-order valence-electron chi connectivity index (χ2n) is 5.60. The zero-order valence-corrected chi connectivity index (χ0v) is 13.0. The molecule has 0 bridgehead atoms. The van der Waals surface area contributed by atoms with Gasteiger partial charge in [0.15, 0.2) is 0 Å². The number of halogens is 1. The second kappa shape index (κ2) is 8.25. The van der Waals surface area contributed by atoms with E-state index in [2.05, 4.69) is 11.4 Å². The van der Waals surface area contributed by atoms with Crippen LogP contribution in [-0.4, -0.2) is 42.2 Å². The Balaban J connectivity index is 2.17. The van der Waals surface area contributed by atoms with Crippen LogP contribution in [0, 0.1) is 5.92 Å². The summed E-state index contributed by atoms with van der Waals surface area (Å²) in [4.78, 5) is 12.9. The molecule has 2 aliphatic heterocycles. The molecule has 21 heavy (non-hydrogen) atoms. The summed E-state index contributed by atoms with van der Waals surface area (Å²) in [6, 6.07) is 0. The predicted octanol–water partition coefficient (Wildman–Crippen LogP) is 2.73. The van der Waals surface area contributed by atoms with Crippen molar-refractivity contribution in [3.05, 3.63) is 35.0 Å². The Bertz CT molecular complexity index is 449. The van der Waals surface area contributed by atoms with Crippen molar-refractivity contribution in [1.82, 2.24) is 10.2 Å². The molecule has 2 heterocycles. The van der Waals surface area contributed by atoms with E-state index in [4.69, 9.17) is 16.7 Å². The van der Waals surface area contributed by atoms with Gasteiger partial charge in [0, 0.05) is 11.6 Å². The number of aliphatic carboxylic acids is 1.